The molecule has 2 atom stereocenters. The molecule has 2 aromatic carbocycles. The van der Waals surface area contributed by atoms with Gasteiger partial charge in [-0.05, 0) is 59.9 Å². The van der Waals surface area contributed by atoms with Crippen LogP contribution in [0.25, 0.3) is 0 Å². The van der Waals surface area contributed by atoms with Crippen molar-refractivity contribution in [1.82, 2.24) is 9.71 Å². The van der Waals surface area contributed by atoms with Gasteiger partial charge in [-0.3, -0.25) is 9.36 Å². The molecule has 0 saturated carbocycles. The molecule has 0 radical (unpaired) electrons. The van der Waals surface area contributed by atoms with Gasteiger partial charge in [0.05, 0.1) is 25.0 Å². The number of nitrogens with zero attached hydrogens (tertiary/aromatic N) is 1. The van der Waals surface area contributed by atoms with E-state index >= 15 is 0 Å². The number of hydrogen-bond acceptors (Lipinski definition) is 8. The van der Waals surface area contributed by atoms with E-state index in [1.165, 1.54) is 50.7 Å². The SMILES string of the molecule is COc1ccc(CCNS(=O)(=O)c2ccc(CP(=O)(O)CC(Cc3ccc(N)nc3)C(=O)O)cc2)cc1OC. The fourth-order valence-electron chi connectivity index (χ4n) is 3.99. The van der Waals surface area contributed by atoms with Gasteiger partial charge in [-0.2, -0.15) is 0 Å². The van der Waals surface area contributed by atoms with Crippen LogP contribution in [0.4, 0.5) is 5.82 Å². The van der Waals surface area contributed by atoms with E-state index < -0.39 is 35.4 Å². The molecule has 5 N–H and O–H groups in total. The zero-order valence-electron chi connectivity index (χ0n) is 21.6. The van der Waals surface area contributed by atoms with Crippen molar-refractivity contribution >= 4 is 29.2 Å². The van der Waals surface area contributed by atoms with E-state index in [-0.39, 0.29) is 29.8 Å². The number of pyridine rings is 1. The second-order valence-corrected chi connectivity index (χ2v) is 13.1. The van der Waals surface area contributed by atoms with Gasteiger partial charge in [-0.25, -0.2) is 18.1 Å². The minimum atomic E-state index is -3.90. The first-order valence-electron chi connectivity index (χ1n) is 12.0. The summed E-state index contributed by atoms with van der Waals surface area (Å²) in [5, 5.41) is 9.58. The number of ether oxygens (including phenoxy) is 2. The van der Waals surface area contributed by atoms with Crippen LogP contribution in [-0.4, -0.2) is 56.3 Å². The Morgan fingerprint density at radius 1 is 1.03 bits per heavy atom. The number of benzene rings is 2. The molecule has 0 aliphatic carbocycles. The Morgan fingerprint density at radius 2 is 1.67 bits per heavy atom. The molecule has 1 aromatic heterocycles. The van der Waals surface area contributed by atoms with Gasteiger partial charge in [0.1, 0.15) is 5.82 Å². The van der Waals surface area contributed by atoms with Gasteiger partial charge in [0, 0.05) is 25.1 Å². The Kier molecular flexibility index (Phi) is 10.1. The van der Waals surface area contributed by atoms with Gasteiger partial charge >= 0.3 is 5.97 Å². The van der Waals surface area contributed by atoms with Crippen molar-refractivity contribution in [2.45, 2.75) is 23.9 Å². The van der Waals surface area contributed by atoms with Crippen LogP contribution in [0, 0.1) is 5.92 Å². The first-order chi connectivity index (χ1) is 18.4. The third kappa shape index (κ3) is 8.79. The summed E-state index contributed by atoms with van der Waals surface area (Å²) in [6.07, 6.45) is 1.16. The molecule has 1 heterocycles. The van der Waals surface area contributed by atoms with Crippen LogP contribution in [0.1, 0.15) is 16.7 Å². The summed E-state index contributed by atoms with van der Waals surface area (Å²) in [6, 6.07) is 14.1. The topological polar surface area (TPSA) is 178 Å². The van der Waals surface area contributed by atoms with Gasteiger partial charge in [0.25, 0.3) is 0 Å². The lowest BCUT2D eigenvalue weighted by Crippen LogP contribution is -2.26. The van der Waals surface area contributed by atoms with Crippen molar-refractivity contribution in [2.75, 3.05) is 32.7 Å². The highest BCUT2D eigenvalue weighted by Gasteiger charge is 2.29. The lowest BCUT2D eigenvalue weighted by Gasteiger charge is -2.18. The minimum Gasteiger partial charge on any atom is -0.493 e. The van der Waals surface area contributed by atoms with E-state index in [9.17, 15) is 27.8 Å². The van der Waals surface area contributed by atoms with Crippen molar-refractivity contribution in [3.05, 3.63) is 77.5 Å². The average Bonchev–Trinajstić information content (AvgIpc) is 2.89. The van der Waals surface area contributed by atoms with Gasteiger partial charge < -0.3 is 25.2 Å². The van der Waals surface area contributed by atoms with Gasteiger partial charge in [0.2, 0.25) is 17.4 Å². The molecule has 0 bridgehead atoms. The highest BCUT2D eigenvalue weighted by Crippen LogP contribution is 2.46. The van der Waals surface area contributed by atoms with Crippen LogP contribution in [-0.2, 0) is 38.4 Å². The van der Waals surface area contributed by atoms with Crippen LogP contribution < -0.4 is 19.9 Å². The van der Waals surface area contributed by atoms with Crippen LogP contribution in [0.3, 0.4) is 0 Å². The number of nitrogen functional groups attached to an aromatic ring is 1. The molecule has 0 aliphatic rings. The predicted molar refractivity (Wildman–Crippen MR) is 147 cm³/mol. The minimum absolute atomic E-state index is 0.00518. The molecule has 0 fully saturated rings. The Hall–Kier alpha value is -3.44. The molecule has 11 nitrogen and oxygen atoms in total. The summed E-state index contributed by atoms with van der Waals surface area (Å²) < 4.78 is 51.3. The molecule has 2 unspecified atom stereocenters. The molecular formula is C26H32N3O8PS. The van der Waals surface area contributed by atoms with E-state index in [2.05, 4.69) is 9.71 Å². The van der Waals surface area contributed by atoms with Crippen molar-refractivity contribution in [3.8, 4) is 11.5 Å². The highest BCUT2D eigenvalue weighted by molar-refractivity contribution is 7.89. The number of carbonyl (C=O) groups is 1. The molecular weight excluding hydrogens is 545 g/mol. The number of carboxylic acid groups (broad SMARTS) is 1. The molecule has 3 aromatic rings. The van der Waals surface area contributed by atoms with Crippen LogP contribution in [0.2, 0.25) is 0 Å². The molecule has 0 amide bonds. The molecule has 0 saturated heterocycles. The third-order valence-electron chi connectivity index (χ3n) is 6.00. The van der Waals surface area contributed by atoms with Gasteiger partial charge in [-0.15, -0.1) is 0 Å². The number of aromatic nitrogens is 1. The predicted octanol–water partition coefficient (Wildman–Crippen LogP) is 2.92. The normalized spacial score (nSPS) is 13.8. The number of aliphatic carboxylic acids is 1. The average molecular weight is 578 g/mol. The standard InChI is InChI=1S/C26H32N3O8PS/c1-36-23-9-5-18(14-24(23)37-2)11-12-29-39(34,35)22-7-3-19(4-8-22)16-38(32,33)17-21(26(30)31)13-20-6-10-25(27)28-15-20/h3-10,14-15,21,29H,11-13,16-17H2,1-2H3,(H2,27,28)(H,30,31)(H,32,33). The zero-order valence-corrected chi connectivity index (χ0v) is 23.3. The summed E-state index contributed by atoms with van der Waals surface area (Å²) in [5.74, 6) is -0.877. The van der Waals surface area contributed by atoms with Gasteiger partial charge in [0.15, 0.2) is 11.5 Å². The number of anilines is 1. The Balaban J connectivity index is 1.59. The Bertz CT molecular complexity index is 1430. The van der Waals surface area contributed by atoms with Crippen LogP contribution >= 0.6 is 7.37 Å². The second-order valence-electron chi connectivity index (χ2n) is 9.00. The number of carboxylic acids is 1. The molecule has 0 spiro atoms. The fraction of sp³-hybridized carbons (Fsp3) is 0.308. The second kappa shape index (κ2) is 13.1. The van der Waals surface area contributed by atoms with E-state index in [0.29, 0.717) is 29.0 Å². The molecule has 3 rings (SSSR count). The van der Waals surface area contributed by atoms with Crippen LogP contribution in [0.5, 0.6) is 11.5 Å². The monoisotopic (exact) mass is 577 g/mol. The maximum Gasteiger partial charge on any atom is 0.307 e. The van der Waals surface area contributed by atoms with Crippen molar-refractivity contribution in [3.63, 3.8) is 0 Å². The van der Waals surface area contributed by atoms with E-state index in [4.69, 9.17) is 15.2 Å². The quantitative estimate of drug-likeness (QED) is 0.208. The van der Waals surface area contributed by atoms with Crippen molar-refractivity contribution in [1.29, 1.82) is 0 Å². The zero-order chi connectivity index (χ0) is 28.6. The van der Waals surface area contributed by atoms with E-state index in [0.717, 1.165) is 5.56 Å². The highest BCUT2D eigenvalue weighted by atomic mass is 32.2. The summed E-state index contributed by atoms with van der Waals surface area (Å²) in [5.41, 5.74) is 7.41. The number of hydrogen-bond donors (Lipinski definition) is 4. The summed E-state index contributed by atoms with van der Waals surface area (Å²) in [6.45, 7) is 0.144. The van der Waals surface area contributed by atoms with E-state index in [1.807, 2.05) is 6.07 Å². The first-order valence-corrected chi connectivity index (χ1v) is 15.5. The molecule has 13 heteroatoms. The van der Waals surface area contributed by atoms with Crippen molar-refractivity contribution < 1.29 is 37.3 Å². The van der Waals surface area contributed by atoms with E-state index in [1.54, 1.807) is 18.2 Å². The largest absolute Gasteiger partial charge is 0.493 e. The van der Waals surface area contributed by atoms with Crippen molar-refractivity contribution in [2.24, 2.45) is 5.92 Å². The van der Waals surface area contributed by atoms with Gasteiger partial charge in [-0.1, -0.05) is 24.3 Å². The summed E-state index contributed by atoms with van der Waals surface area (Å²) in [7, 11) is -4.67. The maximum absolute atomic E-state index is 12.9. The van der Waals surface area contributed by atoms with Crippen LogP contribution in [0.15, 0.2) is 65.7 Å². The first kappa shape index (κ1) is 30.1. The summed E-state index contributed by atoms with van der Waals surface area (Å²) >= 11 is 0. The fourth-order valence-corrected chi connectivity index (χ4v) is 6.90. The maximum atomic E-state index is 12.9. The Morgan fingerprint density at radius 3 is 2.26 bits per heavy atom. The Labute approximate surface area is 227 Å². The third-order valence-corrected chi connectivity index (χ3v) is 9.35. The molecule has 0 aliphatic heterocycles. The number of sulfonamides is 1. The number of rotatable bonds is 14. The lowest BCUT2D eigenvalue weighted by molar-refractivity contribution is -0.141. The summed E-state index contributed by atoms with van der Waals surface area (Å²) in [4.78, 5) is 26.2. The lowest BCUT2D eigenvalue weighted by atomic mass is 10.0. The smallest absolute Gasteiger partial charge is 0.307 e. The molecule has 39 heavy (non-hydrogen) atoms. The number of nitrogens with one attached hydrogen (secondary N) is 1. The number of methoxy groups -OCH3 is 2. The number of nitrogens with two attached hydrogens (primary N) is 1. The molecule has 210 valence electrons.